The Morgan fingerprint density at radius 3 is 2.86 bits per heavy atom. The molecule has 0 radical (unpaired) electrons. The average Bonchev–Trinajstić information content (AvgIpc) is 2.51. The Morgan fingerprint density at radius 2 is 2.36 bits per heavy atom. The zero-order chi connectivity index (χ0) is 10.6. The minimum Gasteiger partial charge on any atom is -0.390 e. The minimum absolute atomic E-state index is 0.0964. The first kappa shape index (κ1) is 12.2. The molecule has 1 aromatic heterocycles. The summed E-state index contributed by atoms with van der Waals surface area (Å²) < 4.78 is 6.40. The van der Waals surface area contributed by atoms with Crippen LogP contribution in [0.15, 0.2) is 15.9 Å². The van der Waals surface area contributed by atoms with Crippen LogP contribution < -0.4 is 0 Å². The van der Waals surface area contributed by atoms with Gasteiger partial charge in [0.15, 0.2) is 0 Å². The molecule has 0 aromatic carbocycles. The number of rotatable bonds is 5. The second-order valence-corrected chi connectivity index (χ2v) is 5.07. The van der Waals surface area contributed by atoms with Crippen molar-refractivity contribution in [2.45, 2.75) is 32.5 Å². The minimum atomic E-state index is -0.416. The highest BCUT2D eigenvalue weighted by atomic mass is 79.9. The summed E-state index contributed by atoms with van der Waals surface area (Å²) in [6, 6.07) is 2.03. The van der Waals surface area contributed by atoms with Crippen molar-refractivity contribution in [3.63, 3.8) is 0 Å². The van der Waals surface area contributed by atoms with Crippen molar-refractivity contribution in [1.29, 1.82) is 0 Å². The van der Waals surface area contributed by atoms with Crippen LogP contribution in [0.25, 0.3) is 0 Å². The first-order chi connectivity index (χ1) is 6.63. The molecule has 2 unspecified atom stereocenters. The molecule has 4 heteroatoms. The lowest BCUT2D eigenvalue weighted by Crippen LogP contribution is -2.27. The highest BCUT2D eigenvalue weighted by Crippen LogP contribution is 2.21. The van der Waals surface area contributed by atoms with Gasteiger partial charge in [0.2, 0.25) is 0 Å². The van der Waals surface area contributed by atoms with Gasteiger partial charge in [0.05, 0.1) is 12.2 Å². The van der Waals surface area contributed by atoms with E-state index in [1.807, 2.05) is 25.3 Å². The molecule has 0 fully saturated rings. The number of ether oxygens (including phenoxy) is 1. The standard InChI is InChI=1S/C10H15BrO2S/c1-3-13-7(2)10(12)5-9-4-8(11)6-14-9/h4,6-7,10,12H,3,5H2,1-2H3. The second-order valence-electron chi connectivity index (χ2n) is 3.16. The first-order valence-corrected chi connectivity index (χ1v) is 6.33. The fourth-order valence-corrected chi connectivity index (χ4v) is 2.71. The zero-order valence-electron chi connectivity index (χ0n) is 8.37. The summed E-state index contributed by atoms with van der Waals surface area (Å²) >= 11 is 5.04. The van der Waals surface area contributed by atoms with E-state index in [0.717, 1.165) is 4.47 Å². The topological polar surface area (TPSA) is 29.5 Å². The van der Waals surface area contributed by atoms with E-state index in [9.17, 15) is 5.11 Å². The van der Waals surface area contributed by atoms with E-state index >= 15 is 0 Å². The molecule has 1 rings (SSSR count). The van der Waals surface area contributed by atoms with E-state index in [1.54, 1.807) is 11.3 Å². The van der Waals surface area contributed by atoms with Gasteiger partial charge in [-0.15, -0.1) is 11.3 Å². The number of hydrogen-bond acceptors (Lipinski definition) is 3. The lowest BCUT2D eigenvalue weighted by Gasteiger charge is -2.17. The fourth-order valence-electron chi connectivity index (χ4n) is 1.21. The van der Waals surface area contributed by atoms with Gasteiger partial charge in [-0.3, -0.25) is 0 Å². The maximum Gasteiger partial charge on any atom is 0.0847 e. The lowest BCUT2D eigenvalue weighted by atomic mass is 10.1. The molecule has 2 nitrogen and oxygen atoms in total. The third kappa shape index (κ3) is 3.69. The van der Waals surface area contributed by atoms with Gasteiger partial charge in [0, 0.05) is 27.8 Å². The normalized spacial score (nSPS) is 15.4. The molecule has 1 aromatic rings. The van der Waals surface area contributed by atoms with E-state index in [1.165, 1.54) is 4.88 Å². The molecule has 14 heavy (non-hydrogen) atoms. The van der Waals surface area contributed by atoms with Crippen molar-refractivity contribution in [3.8, 4) is 0 Å². The largest absolute Gasteiger partial charge is 0.390 e. The number of halogens is 1. The molecule has 0 bridgehead atoms. The second kappa shape index (κ2) is 5.85. The zero-order valence-corrected chi connectivity index (χ0v) is 10.8. The maximum absolute atomic E-state index is 9.78. The summed E-state index contributed by atoms with van der Waals surface area (Å²) in [5.74, 6) is 0. The van der Waals surface area contributed by atoms with Crippen molar-refractivity contribution in [2.24, 2.45) is 0 Å². The summed E-state index contributed by atoms with van der Waals surface area (Å²) in [5, 5.41) is 11.8. The van der Waals surface area contributed by atoms with Gasteiger partial charge in [-0.2, -0.15) is 0 Å². The van der Waals surface area contributed by atoms with Gasteiger partial charge in [-0.05, 0) is 35.8 Å². The van der Waals surface area contributed by atoms with Crippen LogP contribution in [0, 0.1) is 0 Å². The Hall–Kier alpha value is 0.1000. The lowest BCUT2D eigenvalue weighted by molar-refractivity contribution is -0.0204. The molecule has 0 aliphatic heterocycles. The summed E-state index contributed by atoms with van der Waals surface area (Å²) in [6.45, 7) is 4.48. The summed E-state index contributed by atoms with van der Waals surface area (Å²) in [4.78, 5) is 1.18. The molecule has 2 atom stereocenters. The van der Waals surface area contributed by atoms with Gasteiger partial charge in [0.25, 0.3) is 0 Å². The van der Waals surface area contributed by atoms with Crippen molar-refractivity contribution in [1.82, 2.24) is 0 Å². The van der Waals surface area contributed by atoms with Gasteiger partial charge in [-0.25, -0.2) is 0 Å². The van der Waals surface area contributed by atoms with Gasteiger partial charge >= 0.3 is 0 Å². The average molecular weight is 279 g/mol. The van der Waals surface area contributed by atoms with Crippen LogP contribution in [0.4, 0.5) is 0 Å². The third-order valence-electron chi connectivity index (χ3n) is 2.00. The van der Waals surface area contributed by atoms with Crippen LogP contribution in [0.1, 0.15) is 18.7 Å². The Bertz CT molecular complexity index is 275. The van der Waals surface area contributed by atoms with Crippen LogP contribution in [-0.2, 0) is 11.2 Å². The van der Waals surface area contributed by atoms with E-state index in [4.69, 9.17) is 4.74 Å². The SMILES string of the molecule is CCOC(C)C(O)Cc1cc(Br)cs1. The van der Waals surface area contributed by atoms with E-state index in [0.29, 0.717) is 13.0 Å². The smallest absolute Gasteiger partial charge is 0.0847 e. The molecule has 0 aliphatic rings. The van der Waals surface area contributed by atoms with Crippen molar-refractivity contribution in [2.75, 3.05) is 6.61 Å². The molecular weight excluding hydrogens is 264 g/mol. The number of thiophene rings is 1. The Labute approximate surface area is 97.0 Å². The van der Waals surface area contributed by atoms with Gasteiger partial charge in [0.1, 0.15) is 0 Å². The predicted octanol–water partition coefficient (Wildman–Crippen LogP) is 2.84. The maximum atomic E-state index is 9.78. The summed E-state index contributed by atoms with van der Waals surface area (Å²) in [7, 11) is 0. The van der Waals surface area contributed by atoms with Crippen molar-refractivity contribution in [3.05, 3.63) is 20.8 Å². The van der Waals surface area contributed by atoms with Gasteiger partial charge < -0.3 is 9.84 Å². The van der Waals surface area contributed by atoms with Crippen molar-refractivity contribution < 1.29 is 9.84 Å². The van der Waals surface area contributed by atoms with Crippen LogP contribution >= 0.6 is 27.3 Å². The van der Waals surface area contributed by atoms with Crippen LogP contribution in [0.5, 0.6) is 0 Å². The van der Waals surface area contributed by atoms with E-state index < -0.39 is 6.10 Å². The monoisotopic (exact) mass is 278 g/mol. The van der Waals surface area contributed by atoms with Crippen LogP contribution in [0.2, 0.25) is 0 Å². The number of hydrogen-bond donors (Lipinski definition) is 1. The van der Waals surface area contributed by atoms with Crippen LogP contribution in [0.3, 0.4) is 0 Å². The van der Waals surface area contributed by atoms with E-state index in [-0.39, 0.29) is 6.10 Å². The highest BCUT2D eigenvalue weighted by Gasteiger charge is 2.15. The molecule has 1 heterocycles. The third-order valence-corrected chi connectivity index (χ3v) is 3.72. The summed E-state index contributed by atoms with van der Waals surface area (Å²) in [6.07, 6.45) is 0.152. The molecule has 80 valence electrons. The fraction of sp³-hybridized carbons (Fsp3) is 0.600. The summed E-state index contributed by atoms with van der Waals surface area (Å²) in [5.41, 5.74) is 0. The molecule has 0 aliphatic carbocycles. The first-order valence-electron chi connectivity index (χ1n) is 4.66. The molecule has 0 saturated carbocycles. The quantitative estimate of drug-likeness (QED) is 0.898. The Balaban J connectivity index is 2.43. The number of aliphatic hydroxyl groups excluding tert-OH is 1. The molecule has 0 saturated heterocycles. The van der Waals surface area contributed by atoms with Crippen LogP contribution in [-0.4, -0.2) is 23.9 Å². The van der Waals surface area contributed by atoms with Crippen molar-refractivity contribution >= 4 is 27.3 Å². The molecular formula is C10H15BrO2S. The van der Waals surface area contributed by atoms with E-state index in [2.05, 4.69) is 15.9 Å². The number of aliphatic hydroxyl groups is 1. The highest BCUT2D eigenvalue weighted by molar-refractivity contribution is 9.10. The van der Waals surface area contributed by atoms with Gasteiger partial charge in [-0.1, -0.05) is 0 Å². The molecule has 0 spiro atoms. The Morgan fingerprint density at radius 1 is 1.64 bits per heavy atom. The molecule has 1 N–H and O–H groups in total. The predicted molar refractivity (Wildman–Crippen MR) is 62.8 cm³/mol. The Kier molecular flexibility index (Phi) is 5.09. The molecule has 0 amide bonds.